The van der Waals surface area contributed by atoms with Gasteiger partial charge in [0.2, 0.25) is 5.91 Å². The number of nitrogens with zero attached hydrogens (tertiary/aromatic N) is 1. The third kappa shape index (κ3) is 5.39. The Labute approximate surface area is 140 Å². The van der Waals surface area contributed by atoms with E-state index in [2.05, 4.69) is 40.8 Å². The number of thioether (sulfide) groups is 2. The number of hydrogen-bond acceptors (Lipinski definition) is 4. The number of hydrogen-bond donors (Lipinski definition) is 1. The number of benzene rings is 1. The van der Waals surface area contributed by atoms with Crippen LogP contribution in [0.4, 0.5) is 0 Å². The van der Waals surface area contributed by atoms with Crippen LogP contribution in [-0.2, 0) is 10.5 Å². The van der Waals surface area contributed by atoms with Gasteiger partial charge in [-0.15, -0.1) is 23.5 Å². The molecule has 22 heavy (non-hydrogen) atoms. The fourth-order valence-electron chi connectivity index (χ4n) is 2.00. The van der Waals surface area contributed by atoms with Gasteiger partial charge in [0, 0.05) is 23.0 Å². The quantitative estimate of drug-likeness (QED) is 0.781. The highest BCUT2D eigenvalue weighted by atomic mass is 32.2. The van der Waals surface area contributed by atoms with Gasteiger partial charge >= 0.3 is 0 Å². The molecule has 1 N–H and O–H groups in total. The molecule has 1 heterocycles. The van der Waals surface area contributed by atoms with Crippen molar-refractivity contribution in [3.05, 3.63) is 59.9 Å². The summed E-state index contributed by atoms with van der Waals surface area (Å²) in [4.78, 5) is 17.2. The second kappa shape index (κ2) is 8.86. The minimum absolute atomic E-state index is 0.0323. The van der Waals surface area contributed by atoms with E-state index in [1.165, 1.54) is 10.5 Å². The largest absolute Gasteiger partial charge is 0.349 e. The predicted octanol–water partition coefficient (Wildman–Crippen LogP) is 3.91. The van der Waals surface area contributed by atoms with Crippen molar-refractivity contribution < 1.29 is 4.79 Å². The van der Waals surface area contributed by atoms with E-state index >= 15 is 0 Å². The predicted molar refractivity (Wildman–Crippen MR) is 95.2 cm³/mol. The summed E-state index contributed by atoms with van der Waals surface area (Å²) < 4.78 is 0. The fraction of sp³-hybridized carbons (Fsp3) is 0.294. The van der Waals surface area contributed by atoms with E-state index in [9.17, 15) is 4.79 Å². The van der Waals surface area contributed by atoms with Gasteiger partial charge in [-0.05, 0) is 48.6 Å². The molecule has 2 aromatic rings. The van der Waals surface area contributed by atoms with Crippen LogP contribution < -0.4 is 5.32 Å². The van der Waals surface area contributed by atoms with Gasteiger partial charge in [-0.25, -0.2) is 0 Å². The number of carbonyl (C=O) groups excluding carboxylic acids is 1. The lowest BCUT2D eigenvalue weighted by atomic mass is 10.1. The normalized spacial score (nSPS) is 11.9. The summed E-state index contributed by atoms with van der Waals surface area (Å²) in [6.07, 6.45) is 5.60. The Kier molecular flexibility index (Phi) is 6.80. The molecule has 5 heteroatoms. The molecule has 0 saturated carbocycles. The van der Waals surface area contributed by atoms with Crippen LogP contribution in [0.5, 0.6) is 0 Å². The van der Waals surface area contributed by atoms with Gasteiger partial charge < -0.3 is 5.32 Å². The molecule has 1 atom stereocenters. The van der Waals surface area contributed by atoms with Crippen LogP contribution in [0.25, 0.3) is 0 Å². The van der Waals surface area contributed by atoms with Crippen molar-refractivity contribution in [3.8, 4) is 0 Å². The van der Waals surface area contributed by atoms with Gasteiger partial charge in [-0.1, -0.05) is 12.1 Å². The van der Waals surface area contributed by atoms with Gasteiger partial charge in [0.15, 0.2) is 0 Å². The maximum atomic E-state index is 12.0. The third-order valence-electron chi connectivity index (χ3n) is 3.24. The Morgan fingerprint density at radius 1 is 1.18 bits per heavy atom. The first-order valence-electron chi connectivity index (χ1n) is 7.09. The molecule has 0 radical (unpaired) electrons. The first-order chi connectivity index (χ1) is 10.7. The molecular formula is C17H20N2OS2. The maximum Gasteiger partial charge on any atom is 0.230 e. The highest BCUT2D eigenvalue weighted by Crippen LogP contribution is 2.19. The monoisotopic (exact) mass is 332 g/mol. The fourth-order valence-corrected chi connectivity index (χ4v) is 3.21. The summed E-state index contributed by atoms with van der Waals surface area (Å²) in [7, 11) is 0. The Hall–Kier alpha value is -1.46. The topological polar surface area (TPSA) is 42.0 Å². The van der Waals surface area contributed by atoms with E-state index in [-0.39, 0.29) is 11.9 Å². The van der Waals surface area contributed by atoms with Crippen LogP contribution in [-0.4, -0.2) is 22.9 Å². The molecule has 116 valence electrons. The summed E-state index contributed by atoms with van der Waals surface area (Å²) in [5, 5.41) is 3.04. The number of rotatable bonds is 7. The minimum atomic E-state index is 0.0323. The van der Waals surface area contributed by atoms with Crippen LogP contribution >= 0.6 is 23.5 Å². The average molecular weight is 332 g/mol. The maximum absolute atomic E-state index is 12.0. The first-order valence-corrected chi connectivity index (χ1v) is 9.47. The number of amides is 1. The van der Waals surface area contributed by atoms with Crippen LogP contribution in [0.3, 0.4) is 0 Å². The first kappa shape index (κ1) is 16.9. The second-order valence-electron chi connectivity index (χ2n) is 4.91. The van der Waals surface area contributed by atoms with Gasteiger partial charge in [0.05, 0.1) is 11.8 Å². The average Bonchev–Trinajstić information content (AvgIpc) is 2.56. The van der Waals surface area contributed by atoms with Gasteiger partial charge in [-0.2, -0.15) is 0 Å². The van der Waals surface area contributed by atoms with Gasteiger partial charge in [0.1, 0.15) is 0 Å². The molecule has 1 aromatic heterocycles. The van der Waals surface area contributed by atoms with Crippen molar-refractivity contribution >= 4 is 29.4 Å². The van der Waals surface area contributed by atoms with Crippen molar-refractivity contribution in [2.45, 2.75) is 23.6 Å². The Morgan fingerprint density at radius 2 is 1.86 bits per heavy atom. The molecule has 1 aromatic carbocycles. The van der Waals surface area contributed by atoms with Crippen molar-refractivity contribution in [2.75, 3.05) is 12.0 Å². The molecular weight excluding hydrogens is 312 g/mol. The number of nitrogens with one attached hydrogen (secondary N) is 1. The van der Waals surface area contributed by atoms with E-state index in [4.69, 9.17) is 0 Å². The molecule has 0 spiro atoms. The lowest BCUT2D eigenvalue weighted by molar-refractivity contribution is -0.119. The molecule has 0 bridgehead atoms. The molecule has 3 nitrogen and oxygen atoms in total. The van der Waals surface area contributed by atoms with Crippen molar-refractivity contribution in [1.29, 1.82) is 0 Å². The summed E-state index contributed by atoms with van der Waals surface area (Å²) in [5.74, 6) is 1.36. The van der Waals surface area contributed by atoms with E-state index in [1.54, 1.807) is 35.9 Å². The van der Waals surface area contributed by atoms with Crippen LogP contribution in [0.2, 0.25) is 0 Å². The Morgan fingerprint density at radius 3 is 2.50 bits per heavy atom. The molecule has 0 saturated heterocycles. The molecule has 0 aliphatic rings. The Bertz CT molecular complexity index is 587. The minimum Gasteiger partial charge on any atom is -0.349 e. The number of carbonyl (C=O) groups is 1. The van der Waals surface area contributed by atoms with E-state index in [0.717, 1.165) is 11.3 Å². The second-order valence-corrected chi connectivity index (χ2v) is 6.78. The van der Waals surface area contributed by atoms with Crippen molar-refractivity contribution in [2.24, 2.45) is 0 Å². The summed E-state index contributed by atoms with van der Waals surface area (Å²) in [5.41, 5.74) is 2.32. The standard InChI is InChI=1S/C17H20N2OS2/c1-13(15-3-5-16(21-2)6-4-15)19-17(20)12-22-11-14-7-9-18-10-8-14/h3-10,13H,11-12H2,1-2H3,(H,19,20). The molecule has 1 amide bonds. The molecule has 0 fully saturated rings. The molecule has 0 aliphatic heterocycles. The summed E-state index contributed by atoms with van der Waals surface area (Å²) in [6, 6.07) is 12.3. The highest BCUT2D eigenvalue weighted by Gasteiger charge is 2.09. The van der Waals surface area contributed by atoms with Crippen LogP contribution in [0, 0.1) is 0 Å². The Balaban J connectivity index is 1.76. The molecule has 1 unspecified atom stereocenters. The van der Waals surface area contributed by atoms with E-state index < -0.39 is 0 Å². The zero-order valence-electron chi connectivity index (χ0n) is 12.8. The molecule has 0 aliphatic carbocycles. The van der Waals surface area contributed by atoms with Crippen molar-refractivity contribution in [1.82, 2.24) is 10.3 Å². The zero-order valence-corrected chi connectivity index (χ0v) is 14.4. The number of pyridine rings is 1. The summed E-state index contributed by atoms with van der Waals surface area (Å²) in [6.45, 7) is 2.01. The van der Waals surface area contributed by atoms with Crippen LogP contribution in [0.15, 0.2) is 53.7 Å². The SMILES string of the molecule is CSc1ccc(C(C)NC(=O)CSCc2ccncc2)cc1. The van der Waals surface area contributed by atoms with Gasteiger partial charge in [0.25, 0.3) is 0 Å². The molecule has 2 rings (SSSR count). The smallest absolute Gasteiger partial charge is 0.230 e. The van der Waals surface area contributed by atoms with E-state index in [0.29, 0.717) is 5.75 Å². The van der Waals surface area contributed by atoms with Crippen molar-refractivity contribution in [3.63, 3.8) is 0 Å². The lowest BCUT2D eigenvalue weighted by Crippen LogP contribution is -2.28. The highest BCUT2D eigenvalue weighted by molar-refractivity contribution is 7.99. The lowest BCUT2D eigenvalue weighted by Gasteiger charge is -2.14. The summed E-state index contributed by atoms with van der Waals surface area (Å²) >= 11 is 3.33. The van der Waals surface area contributed by atoms with E-state index in [1.807, 2.05) is 19.1 Å². The zero-order chi connectivity index (χ0) is 15.8. The van der Waals surface area contributed by atoms with Gasteiger partial charge in [-0.3, -0.25) is 9.78 Å². The van der Waals surface area contributed by atoms with Crippen LogP contribution in [0.1, 0.15) is 24.1 Å². The number of aromatic nitrogens is 1. The third-order valence-corrected chi connectivity index (χ3v) is 4.99.